The average Bonchev–Trinajstić information content (AvgIpc) is 2.67. The van der Waals surface area contributed by atoms with Crippen LogP contribution in [0.2, 0.25) is 0 Å². The minimum atomic E-state index is 0.322. The maximum Gasteiger partial charge on any atom is 0.138 e. The summed E-state index contributed by atoms with van der Waals surface area (Å²) in [5, 5.41) is 11.0. The van der Waals surface area contributed by atoms with Gasteiger partial charge in [-0.1, -0.05) is 5.16 Å². The van der Waals surface area contributed by atoms with E-state index in [9.17, 15) is 0 Å². The maximum absolute atomic E-state index is 5.21. The van der Waals surface area contributed by atoms with Crippen LogP contribution in [0.25, 0.3) is 0 Å². The molecule has 1 fully saturated rings. The van der Waals surface area contributed by atoms with Gasteiger partial charge in [0.05, 0.1) is 5.69 Å². The summed E-state index contributed by atoms with van der Waals surface area (Å²) < 4.78 is 5.21. The number of nitrogens with zero attached hydrogens (tertiary/aromatic N) is 1. The molecule has 1 saturated heterocycles. The number of hydrogen-bond acceptors (Lipinski definition) is 4. The smallest absolute Gasteiger partial charge is 0.138 e. The van der Waals surface area contributed by atoms with Gasteiger partial charge in [0.25, 0.3) is 0 Å². The third-order valence-corrected chi connectivity index (χ3v) is 3.63. The molecule has 0 saturated carbocycles. The Morgan fingerprint density at radius 3 is 2.94 bits per heavy atom. The van der Waals surface area contributed by atoms with Crippen LogP contribution in [0, 0.1) is 19.8 Å². The highest BCUT2D eigenvalue weighted by Crippen LogP contribution is 2.21. The summed E-state index contributed by atoms with van der Waals surface area (Å²) in [6.45, 7) is 9.56. The molecule has 1 aliphatic heterocycles. The number of rotatable bonds is 4. The normalized spacial score (nSPS) is 22.6. The van der Waals surface area contributed by atoms with Crippen molar-refractivity contribution in [2.24, 2.45) is 5.92 Å². The number of nitrogens with one attached hydrogen (secondary N) is 2. The molecule has 1 aromatic rings. The molecular formula is C13H23N3O. The third kappa shape index (κ3) is 3.07. The van der Waals surface area contributed by atoms with Gasteiger partial charge < -0.3 is 15.2 Å². The van der Waals surface area contributed by atoms with Crippen LogP contribution < -0.4 is 10.6 Å². The van der Waals surface area contributed by atoms with Crippen LogP contribution >= 0.6 is 0 Å². The second-order valence-electron chi connectivity index (χ2n) is 5.08. The molecule has 17 heavy (non-hydrogen) atoms. The van der Waals surface area contributed by atoms with Crippen molar-refractivity contribution in [3.05, 3.63) is 17.0 Å². The van der Waals surface area contributed by atoms with Gasteiger partial charge in [0.15, 0.2) is 0 Å². The van der Waals surface area contributed by atoms with Gasteiger partial charge in [-0.2, -0.15) is 0 Å². The summed E-state index contributed by atoms with van der Waals surface area (Å²) in [5.74, 6) is 1.69. The van der Waals surface area contributed by atoms with Gasteiger partial charge in [-0.05, 0) is 59.2 Å². The molecule has 2 rings (SSSR count). The van der Waals surface area contributed by atoms with Gasteiger partial charge in [-0.3, -0.25) is 0 Å². The molecular weight excluding hydrogens is 214 g/mol. The Morgan fingerprint density at radius 1 is 1.53 bits per heavy atom. The Morgan fingerprint density at radius 2 is 2.35 bits per heavy atom. The standard InChI is InChI=1S/C13H23N3O/c1-9(13-10(2)16-17-11(13)3)15-8-12-5-4-6-14-7-12/h9,12,14-15H,4-8H2,1-3H3. The molecule has 0 aliphatic carbocycles. The summed E-state index contributed by atoms with van der Waals surface area (Å²) in [6.07, 6.45) is 2.63. The molecule has 1 aromatic heterocycles. The van der Waals surface area contributed by atoms with E-state index in [-0.39, 0.29) is 0 Å². The summed E-state index contributed by atoms with van der Waals surface area (Å²) in [6, 6.07) is 0.322. The van der Waals surface area contributed by atoms with E-state index in [1.165, 1.54) is 24.9 Å². The van der Waals surface area contributed by atoms with Crippen molar-refractivity contribution in [2.75, 3.05) is 19.6 Å². The van der Waals surface area contributed by atoms with Crippen LogP contribution in [-0.2, 0) is 0 Å². The SMILES string of the molecule is Cc1noc(C)c1C(C)NCC1CCCNC1. The number of hydrogen-bond donors (Lipinski definition) is 2. The topological polar surface area (TPSA) is 50.1 Å². The summed E-state index contributed by atoms with van der Waals surface area (Å²) in [5.41, 5.74) is 2.22. The number of aromatic nitrogens is 1. The molecule has 2 unspecified atom stereocenters. The first-order valence-electron chi connectivity index (χ1n) is 6.55. The Kier molecular flexibility index (Phi) is 4.18. The van der Waals surface area contributed by atoms with Crippen molar-refractivity contribution in [1.29, 1.82) is 0 Å². The fourth-order valence-electron chi connectivity index (χ4n) is 2.65. The second kappa shape index (κ2) is 5.65. The van der Waals surface area contributed by atoms with E-state index in [0.29, 0.717) is 6.04 Å². The lowest BCUT2D eigenvalue weighted by Gasteiger charge is -2.24. The van der Waals surface area contributed by atoms with Crippen molar-refractivity contribution < 1.29 is 4.52 Å². The first kappa shape index (κ1) is 12.6. The van der Waals surface area contributed by atoms with Gasteiger partial charge in [0.1, 0.15) is 5.76 Å². The Balaban J connectivity index is 1.86. The van der Waals surface area contributed by atoms with Crippen molar-refractivity contribution in [3.8, 4) is 0 Å². The predicted molar refractivity (Wildman–Crippen MR) is 68.0 cm³/mol. The van der Waals surface area contributed by atoms with E-state index in [2.05, 4.69) is 22.7 Å². The highest BCUT2D eigenvalue weighted by molar-refractivity contribution is 5.24. The first-order valence-corrected chi connectivity index (χ1v) is 6.55. The average molecular weight is 237 g/mol. The van der Waals surface area contributed by atoms with Gasteiger partial charge in [-0.15, -0.1) is 0 Å². The van der Waals surface area contributed by atoms with Gasteiger partial charge in [0.2, 0.25) is 0 Å². The molecule has 0 amide bonds. The summed E-state index contributed by atoms with van der Waals surface area (Å²) in [7, 11) is 0. The summed E-state index contributed by atoms with van der Waals surface area (Å²) >= 11 is 0. The molecule has 96 valence electrons. The van der Waals surface area contributed by atoms with E-state index >= 15 is 0 Å². The molecule has 2 atom stereocenters. The zero-order chi connectivity index (χ0) is 12.3. The molecule has 4 nitrogen and oxygen atoms in total. The van der Waals surface area contributed by atoms with Crippen LogP contribution in [-0.4, -0.2) is 24.8 Å². The quantitative estimate of drug-likeness (QED) is 0.840. The minimum absolute atomic E-state index is 0.322. The highest BCUT2D eigenvalue weighted by Gasteiger charge is 2.18. The lowest BCUT2D eigenvalue weighted by molar-refractivity contribution is 0.346. The Bertz CT molecular complexity index is 336. The fourth-order valence-corrected chi connectivity index (χ4v) is 2.65. The van der Waals surface area contributed by atoms with E-state index in [0.717, 1.165) is 30.5 Å². The molecule has 1 aliphatic rings. The van der Waals surface area contributed by atoms with Crippen molar-refractivity contribution in [3.63, 3.8) is 0 Å². The molecule has 0 aromatic carbocycles. The van der Waals surface area contributed by atoms with Crippen LogP contribution in [0.5, 0.6) is 0 Å². The van der Waals surface area contributed by atoms with Gasteiger partial charge in [-0.25, -0.2) is 0 Å². The van der Waals surface area contributed by atoms with E-state index in [4.69, 9.17) is 4.52 Å². The van der Waals surface area contributed by atoms with Crippen LogP contribution in [0.1, 0.15) is 42.8 Å². The zero-order valence-electron chi connectivity index (χ0n) is 11.0. The summed E-state index contributed by atoms with van der Waals surface area (Å²) in [4.78, 5) is 0. The largest absolute Gasteiger partial charge is 0.361 e. The van der Waals surface area contributed by atoms with Crippen molar-refractivity contribution >= 4 is 0 Å². The van der Waals surface area contributed by atoms with Gasteiger partial charge in [0, 0.05) is 11.6 Å². The third-order valence-electron chi connectivity index (χ3n) is 3.63. The molecule has 2 N–H and O–H groups in total. The van der Waals surface area contributed by atoms with Crippen LogP contribution in [0.15, 0.2) is 4.52 Å². The lowest BCUT2D eigenvalue weighted by Crippen LogP contribution is -2.36. The molecule has 4 heteroatoms. The molecule has 2 heterocycles. The maximum atomic E-state index is 5.21. The molecule has 0 spiro atoms. The Labute approximate surface area is 103 Å². The fraction of sp³-hybridized carbons (Fsp3) is 0.769. The zero-order valence-corrected chi connectivity index (χ0v) is 11.0. The van der Waals surface area contributed by atoms with E-state index < -0.39 is 0 Å². The van der Waals surface area contributed by atoms with Crippen molar-refractivity contribution in [1.82, 2.24) is 15.8 Å². The monoisotopic (exact) mass is 237 g/mol. The number of aryl methyl sites for hydroxylation is 2. The highest BCUT2D eigenvalue weighted by atomic mass is 16.5. The Hall–Kier alpha value is -0.870. The second-order valence-corrected chi connectivity index (χ2v) is 5.08. The van der Waals surface area contributed by atoms with E-state index in [1.807, 2.05) is 13.8 Å². The van der Waals surface area contributed by atoms with Crippen molar-refractivity contribution in [2.45, 2.75) is 39.7 Å². The predicted octanol–water partition coefficient (Wildman–Crippen LogP) is 1.94. The van der Waals surface area contributed by atoms with Gasteiger partial charge >= 0.3 is 0 Å². The molecule has 0 radical (unpaired) electrons. The van der Waals surface area contributed by atoms with E-state index in [1.54, 1.807) is 0 Å². The molecule has 0 bridgehead atoms. The number of piperidine rings is 1. The lowest BCUT2D eigenvalue weighted by atomic mass is 9.98. The first-order chi connectivity index (χ1) is 8.18. The van der Waals surface area contributed by atoms with Crippen LogP contribution in [0.4, 0.5) is 0 Å². The minimum Gasteiger partial charge on any atom is -0.361 e. The van der Waals surface area contributed by atoms with Crippen LogP contribution in [0.3, 0.4) is 0 Å².